The Labute approximate surface area is 129 Å². The van der Waals surface area contributed by atoms with Gasteiger partial charge in [-0.3, -0.25) is 0 Å². The molecule has 22 heavy (non-hydrogen) atoms. The number of aryl methyl sites for hydroxylation is 1. The Balaban J connectivity index is 1.79. The second kappa shape index (κ2) is 5.65. The van der Waals surface area contributed by atoms with Gasteiger partial charge in [0.05, 0.1) is 5.69 Å². The number of benzene rings is 1. The highest BCUT2D eigenvalue weighted by molar-refractivity contribution is 5.66. The molecule has 0 amide bonds. The van der Waals surface area contributed by atoms with Crippen LogP contribution in [0.1, 0.15) is 17.7 Å². The normalized spacial score (nSPS) is 17.6. The van der Waals surface area contributed by atoms with Crippen molar-refractivity contribution in [3.63, 3.8) is 0 Å². The molecule has 1 fully saturated rings. The Morgan fingerprint density at radius 2 is 1.77 bits per heavy atom. The van der Waals surface area contributed by atoms with Gasteiger partial charge >= 0.3 is 0 Å². The number of piperazine rings is 1. The monoisotopic (exact) mass is 298 g/mol. The van der Waals surface area contributed by atoms with Gasteiger partial charge in [0.15, 0.2) is 0 Å². The molecule has 1 aliphatic heterocycles. The molecule has 1 aliphatic carbocycles. The van der Waals surface area contributed by atoms with Crippen molar-refractivity contribution in [3.8, 4) is 11.3 Å². The van der Waals surface area contributed by atoms with Crippen LogP contribution in [0.3, 0.4) is 0 Å². The molecule has 2 aliphatic rings. The minimum Gasteiger partial charge on any atom is -0.338 e. The molecule has 1 aromatic heterocycles. The average Bonchev–Trinajstić information content (AvgIpc) is 3.04. The van der Waals surface area contributed by atoms with Gasteiger partial charge in [-0.05, 0) is 43.5 Å². The Hall–Kier alpha value is -2.01. The van der Waals surface area contributed by atoms with Gasteiger partial charge in [0.2, 0.25) is 5.95 Å². The van der Waals surface area contributed by atoms with Gasteiger partial charge in [-0.15, -0.1) is 0 Å². The number of anilines is 1. The minimum atomic E-state index is -0.211. The molecule has 4 nitrogen and oxygen atoms in total. The maximum Gasteiger partial charge on any atom is 0.226 e. The van der Waals surface area contributed by atoms with Gasteiger partial charge in [0.1, 0.15) is 5.82 Å². The predicted octanol–water partition coefficient (Wildman–Crippen LogP) is 2.18. The van der Waals surface area contributed by atoms with Crippen LogP contribution in [0.15, 0.2) is 24.3 Å². The number of hydrogen-bond donors (Lipinski definition) is 1. The summed E-state index contributed by atoms with van der Waals surface area (Å²) in [6.45, 7) is 3.79. The second-order valence-electron chi connectivity index (χ2n) is 5.89. The summed E-state index contributed by atoms with van der Waals surface area (Å²) in [5.74, 6) is 0.609. The molecule has 0 atom stereocenters. The zero-order valence-corrected chi connectivity index (χ0v) is 12.5. The number of nitrogens with one attached hydrogen (secondary N) is 1. The molecule has 0 saturated carbocycles. The Morgan fingerprint density at radius 1 is 1.00 bits per heavy atom. The van der Waals surface area contributed by atoms with Crippen LogP contribution in [-0.2, 0) is 12.8 Å². The third-order valence-corrected chi connectivity index (χ3v) is 4.44. The standard InChI is InChI=1S/C17H19FN4/c18-13-6-4-12(5-7-13)16-14-2-1-3-15(14)20-17(21-16)22-10-8-19-9-11-22/h4-7,19H,1-3,8-11H2. The van der Waals surface area contributed by atoms with Crippen LogP contribution >= 0.6 is 0 Å². The van der Waals surface area contributed by atoms with E-state index in [9.17, 15) is 4.39 Å². The highest BCUT2D eigenvalue weighted by Crippen LogP contribution is 2.32. The van der Waals surface area contributed by atoms with E-state index >= 15 is 0 Å². The van der Waals surface area contributed by atoms with Crippen molar-refractivity contribution in [2.24, 2.45) is 0 Å². The van der Waals surface area contributed by atoms with Gasteiger partial charge in [-0.25, -0.2) is 14.4 Å². The Bertz CT molecular complexity index is 678. The van der Waals surface area contributed by atoms with Crippen LogP contribution in [0.5, 0.6) is 0 Å². The third kappa shape index (κ3) is 2.46. The Kier molecular flexibility index (Phi) is 3.50. The van der Waals surface area contributed by atoms with Crippen molar-refractivity contribution < 1.29 is 4.39 Å². The van der Waals surface area contributed by atoms with Crippen molar-refractivity contribution in [2.45, 2.75) is 19.3 Å². The van der Waals surface area contributed by atoms with E-state index in [2.05, 4.69) is 10.2 Å². The number of aromatic nitrogens is 2. The van der Waals surface area contributed by atoms with Gasteiger partial charge in [0, 0.05) is 43.0 Å². The van der Waals surface area contributed by atoms with E-state index in [1.165, 1.54) is 23.4 Å². The summed E-state index contributed by atoms with van der Waals surface area (Å²) < 4.78 is 13.2. The maximum atomic E-state index is 13.2. The minimum absolute atomic E-state index is 0.211. The van der Waals surface area contributed by atoms with Crippen LogP contribution in [0.4, 0.5) is 10.3 Å². The van der Waals surface area contributed by atoms with Crippen molar-refractivity contribution in [2.75, 3.05) is 31.1 Å². The molecule has 5 heteroatoms. The molecule has 1 N–H and O–H groups in total. The number of fused-ring (bicyclic) bond motifs is 1. The van der Waals surface area contributed by atoms with Gasteiger partial charge in [-0.1, -0.05) is 0 Å². The molecule has 2 heterocycles. The quantitative estimate of drug-likeness (QED) is 0.922. The first-order valence-corrected chi connectivity index (χ1v) is 7.93. The lowest BCUT2D eigenvalue weighted by molar-refractivity contribution is 0.579. The number of rotatable bonds is 2. The van der Waals surface area contributed by atoms with Gasteiger partial charge < -0.3 is 10.2 Å². The molecule has 4 rings (SSSR count). The van der Waals surface area contributed by atoms with Crippen LogP contribution in [0.25, 0.3) is 11.3 Å². The second-order valence-corrected chi connectivity index (χ2v) is 5.89. The van der Waals surface area contributed by atoms with E-state index < -0.39 is 0 Å². The molecule has 1 aromatic carbocycles. The van der Waals surface area contributed by atoms with Crippen molar-refractivity contribution in [3.05, 3.63) is 41.3 Å². The number of hydrogen-bond acceptors (Lipinski definition) is 4. The summed E-state index contributed by atoms with van der Waals surface area (Å²) in [4.78, 5) is 11.9. The largest absolute Gasteiger partial charge is 0.338 e. The zero-order chi connectivity index (χ0) is 14.9. The van der Waals surface area contributed by atoms with E-state index in [1.54, 1.807) is 0 Å². The van der Waals surface area contributed by atoms with Gasteiger partial charge in [-0.2, -0.15) is 0 Å². The summed E-state index contributed by atoms with van der Waals surface area (Å²) in [6, 6.07) is 6.64. The summed E-state index contributed by atoms with van der Waals surface area (Å²) in [5.41, 5.74) is 4.38. The van der Waals surface area contributed by atoms with Crippen molar-refractivity contribution in [1.29, 1.82) is 0 Å². The summed E-state index contributed by atoms with van der Waals surface area (Å²) in [6.07, 6.45) is 3.16. The van der Waals surface area contributed by atoms with E-state index in [0.717, 1.165) is 62.6 Å². The lowest BCUT2D eigenvalue weighted by Crippen LogP contribution is -2.44. The fourth-order valence-corrected chi connectivity index (χ4v) is 3.27. The van der Waals surface area contributed by atoms with Crippen LogP contribution in [0, 0.1) is 5.82 Å². The van der Waals surface area contributed by atoms with Gasteiger partial charge in [0.25, 0.3) is 0 Å². The van der Waals surface area contributed by atoms with E-state index in [1.807, 2.05) is 12.1 Å². The number of halogens is 1. The lowest BCUT2D eigenvalue weighted by Gasteiger charge is -2.28. The fourth-order valence-electron chi connectivity index (χ4n) is 3.27. The van der Waals surface area contributed by atoms with E-state index in [-0.39, 0.29) is 5.82 Å². The smallest absolute Gasteiger partial charge is 0.226 e. The Morgan fingerprint density at radius 3 is 2.55 bits per heavy atom. The number of nitrogens with zero attached hydrogens (tertiary/aromatic N) is 3. The van der Waals surface area contributed by atoms with E-state index in [0.29, 0.717) is 0 Å². The summed E-state index contributed by atoms with van der Waals surface area (Å²) in [7, 11) is 0. The van der Waals surface area contributed by atoms with Crippen LogP contribution in [-0.4, -0.2) is 36.1 Å². The molecular weight excluding hydrogens is 279 g/mol. The molecule has 0 unspecified atom stereocenters. The van der Waals surface area contributed by atoms with Crippen LogP contribution in [0.2, 0.25) is 0 Å². The summed E-state index contributed by atoms with van der Waals surface area (Å²) in [5, 5.41) is 3.35. The lowest BCUT2D eigenvalue weighted by atomic mass is 10.1. The van der Waals surface area contributed by atoms with Crippen molar-refractivity contribution in [1.82, 2.24) is 15.3 Å². The highest BCUT2D eigenvalue weighted by Gasteiger charge is 2.23. The van der Waals surface area contributed by atoms with Crippen molar-refractivity contribution >= 4 is 5.95 Å². The highest BCUT2D eigenvalue weighted by atomic mass is 19.1. The fraction of sp³-hybridized carbons (Fsp3) is 0.412. The average molecular weight is 298 g/mol. The first-order chi connectivity index (χ1) is 10.8. The van der Waals surface area contributed by atoms with Crippen LogP contribution < -0.4 is 10.2 Å². The molecule has 114 valence electrons. The predicted molar refractivity (Wildman–Crippen MR) is 84.5 cm³/mol. The molecule has 0 spiro atoms. The topological polar surface area (TPSA) is 41.1 Å². The van der Waals surface area contributed by atoms with E-state index in [4.69, 9.17) is 9.97 Å². The molecule has 2 aromatic rings. The maximum absolute atomic E-state index is 13.2. The SMILES string of the molecule is Fc1ccc(-c2nc(N3CCNCC3)nc3c2CCC3)cc1. The zero-order valence-electron chi connectivity index (χ0n) is 12.5. The first-order valence-electron chi connectivity index (χ1n) is 7.93. The molecule has 0 bridgehead atoms. The first kappa shape index (κ1) is 13.6. The molecular formula is C17H19FN4. The molecule has 1 saturated heterocycles. The molecule has 0 radical (unpaired) electrons. The third-order valence-electron chi connectivity index (χ3n) is 4.44. The summed E-state index contributed by atoms with van der Waals surface area (Å²) >= 11 is 0.